The van der Waals surface area contributed by atoms with Gasteiger partial charge in [-0.3, -0.25) is 4.79 Å². The van der Waals surface area contributed by atoms with E-state index in [9.17, 15) is 4.79 Å². The van der Waals surface area contributed by atoms with Crippen molar-refractivity contribution in [2.75, 3.05) is 6.61 Å². The number of benzene rings is 2. The molecule has 1 aliphatic heterocycles. The van der Waals surface area contributed by atoms with Crippen molar-refractivity contribution in [2.24, 2.45) is 0 Å². The van der Waals surface area contributed by atoms with Gasteiger partial charge in [-0.25, -0.2) is 0 Å². The van der Waals surface area contributed by atoms with Gasteiger partial charge in [0, 0.05) is 6.92 Å². The first-order valence-corrected chi connectivity index (χ1v) is 17.3. The Labute approximate surface area is 239 Å². The van der Waals surface area contributed by atoms with Gasteiger partial charge in [-0.15, -0.1) is 0 Å². The van der Waals surface area contributed by atoms with Crippen molar-refractivity contribution in [1.82, 2.24) is 0 Å². The predicted octanol–water partition coefficient (Wildman–Crippen LogP) is 7.57. The highest BCUT2D eigenvalue weighted by molar-refractivity contribution is 6.99. The lowest BCUT2D eigenvalue weighted by atomic mass is 9.96. The molecule has 1 heterocycles. The maximum absolute atomic E-state index is 11.8. The molecule has 39 heavy (non-hydrogen) atoms. The summed E-state index contributed by atoms with van der Waals surface area (Å²) < 4.78 is 19.5. The Bertz CT molecular complexity index is 917. The van der Waals surface area contributed by atoms with Crippen LogP contribution in [0.3, 0.4) is 0 Å². The van der Waals surface area contributed by atoms with Gasteiger partial charge in [0.25, 0.3) is 8.32 Å². The van der Waals surface area contributed by atoms with Crippen molar-refractivity contribution in [3.8, 4) is 0 Å². The summed E-state index contributed by atoms with van der Waals surface area (Å²) >= 11 is 0. The summed E-state index contributed by atoms with van der Waals surface area (Å²) in [6.07, 6.45) is 12.6. The molecule has 0 bridgehead atoms. The molecule has 3 atom stereocenters. The number of unbranched alkanes of at least 4 members (excludes halogenated alkanes) is 7. The maximum atomic E-state index is 11.8. The Morgan fingerprint density at radius 3 is 1.90 bits per heavy atom. The molecule has 4 nitrogen and oxygen atoms in total. The molecule has 3 rings (SSSR count). The van der Waals surface area contributed by atoms with E-state index >= 15 is 0 Å². The molecule has 0 radical (unpaired) electrons. The lowest BCUT2D eigenvalue weighted by Gasteiger charge is -2.44. The zero-order valence-electron chi connectivity index (χ0n) is 25.1. The average Bonchev–Trinajstić information content (AvgIpc) is 2.92. The fourth-order valence-corrected chi connectivity index (χ4v) is 10.7. The van der Waals surface area contributed by atoms with E-state index in [2.05, 4.69) is 88.4 Å². The summed E-state index contributed by atoms with van der Waals surface area (Å²) in [6.45, 7) is 11.2. The number of hydrogen-bond acceptors (Lipinski definition) is 4. The summed E-state index contributed by atoms with van der Waals surface area (Å²) in [4.78, 5) is 11.8. The molecule has 5 heteroatoms. The van der Waals surface area contributed by atoms with Gasteiger partial charge < -0.3 is 13.9 Å². The Morgan fingerprint density at radius 2 is 1.38 bits per heavy atom. The molecule has 0 amide bonds. The van der Waals surface area contributed by atoms with Crippen LogP contribution in [0.15, 0.2) is 60.7 Å². The molecule has 2 aromatic rings. The van der Waals surface area contributed by atoms with Gasteiger partial charge in [0.2, 0.25) is 0 Å². The van der Waals surface area contributed by atoms with E-state index in [1.807, 2.05) is 0 Å². The van der Waals surface area contributed by atoms with E-state index in [4.69, 9.17) is 13.9 Å². The molecule has 0 spiro atoms. The quantitative estimate of drug-likeness (QED) is 0.130. The molecule has 0 unspecified atom stereocenters. The van der Waals surface area contributed by atoms with Crippen molar-refractivity contribution >= 4 is 24.7 Å². The van der Waals surface area contributed by atoms with Crippen molar-refractivity contribution < 1.29 is 18.7 Å². The van der Waals surface area contributed by atoms with Crippen molar-refractivity contribution in [3.63, 3.8) is 0 Å². The first kappa shape index (κ1) is 31.6. The molecule has 0 aliphatic carbocycles. The molecule has 0 saturated carbocycles. The monoisotopic (exact) mass is 552 g/mol. The highest BCUT2D eigenvalue weighted by atomic mass is 28.4. The van der Waals surface area contributed by atoms with Gasteiger partial charge in [0.05, 0.1) is 18.8 Å². The molecule has 2 aromatic carbocycles. The lowest BCUT2D eigenvalue weighted by molar-refractivity contribution is -0.173. The highest BCUT2D eigenvalue weighted by Crippen LogP contribution is 2.37. The number of carbonyl (C=O) groups is 1. The molecule has 0 N–H and O–H groups in total. The van der Waals surface area contributed by atoms with Crippen molar-refractivity contribution in [1.29, 1.82) is 0 Å². The third-order valence-corrected chi connectivity index (χ3v) is 13.1. The molecule has 216 valence electrons. The Balaban J connectivity index is 1.69. The van der Waals surface area contributed by atoms with Crippen LogP contribution in [0.25, 0.3) is 0 Å². The Morgan fingerprint density at radius 1 is 0.846 bits per heavy atom. The smallest absolute Gasteiger partial charge is 0.302 e. The fourth-order valence-electron chi connectivity index (χ4n) is 6.12. The molecular formula is C34H52O4Si. The summed E-state index contributed by atoms with van der Waals surface area (Å²) in [6, 6.07) is 21.6. The van der Waals surface area contributed by atoms with Crippen LogP contribution in [0.5, 0.6) is 0 Å². The van der Waals surface area contributed by atoms with Crippen LogP contribution in [0.2, 0.25) is 5.04 Å². The van der Waals surface area contributed by atoms with Crippen LogP contribution in [0, 0.1) is 0 Å². The standard InChI is InChI=1S/C34H52O4Si/c1-6-7-8-9-10-11-12-19-24-32-33(37-28(2)35)26-25-29(38-32)27-36-39(34(3,4)5,30-20-15-13-16-21-30)31-22-17-14-18-23-31/h13-18,20-23,29,32-33H,6-12,19,24-27H2,1-5H3/t29-,32-,33+/m0/s1. The SMILES string of the molecule is CCCCCCCCCC[C@@H]1O[C@H](CO[Si](c2ccccc2)(c2ccccc2)C(C)(C)C)CC[C@H]1OC(C)=O. The molecule has 1 saturated heterocycles. The van der Waals surface area contributed by atoms with Gasteiger partial charge >= 0.3 is 5.97 Å². The fraction of sp³-hybridized carbons (Fsp3) is 0.618. The lowest BCUT2D eigenvalue weighted by Crippen LogP contribution is -2.67. The van der Waals surface area contributed by atoms with E-state index in [0.717, 1.165) is 25.7 Å². The summed E-state index contributed by atoms with van der Waals surface area (Å²) in [5, 5.41) is 2.50. The van der Waals surface area contributed by atoms with Crippen LogP contribution in [-0.2, 0) is 18.7 Å². The number of rotatable bonds is 15. The Kier molecular flexibility index (Phi) is 12.7. The van der Waals surface area contributed by atoms with Gasteiger partial charge in [-0.05, 0) is 34.7 Å². The third kappa shape index (κ3) is 9.02. The van der Waals surface area contributed by atoms with Gasteiger partial charge in [-0.1, -0.05) is 140 Å². The van der Waals surface area contributed by atoms with Crippen LogP contribution in [-0.4, -0.2) is 39.2 Å². The highest BCUT2D eigenvalue weighted by Gasteiger charge is 2.50. The summed E-state index contributed by atoms with van der Waals surface area (Å²) in [5.41, 5.74) is 0. The van der Waals surface area contributed by atoms with Crippen molar-refractivity contribution in [2.45, 2.75) is 129 Å². The molecular weight excluding hydrogens is 500 g/mol. The zero-order valence-corrected chi connectivity index (χ0v) is 26.1. The van der Waals surface area contributed by atoms with E-state index in [1.165, 1.54) is 62.2 Å². The first-order chi connectivity index (χ1) is 18.8. The third-order valence-electron chi connectivity index (χ3n) is 8.12. The predicted molar refractivity (Wildman–Crippen MR) is 164 cm³/mol. The largest absolute Gasteiger partial charge is 0.460 e. The van der Waals surface area contributed by atoms with Gasteiger partial charge in [0.15, 0.2) is 0 Å². The minimum Gasteiger partial charge on any atom is -0.460 e. The van der Waals surface area contributed by atoms with E-state index in [-0.39, 0.29) is 29.3 Å². The zero-order chi connectivity index (χ0) is 28.1. The second kappa shape index (κ2) is 15.7. The second-order valence-electron chi connectivity index (χ2n) is 12.3. The van der Waals surface area contributed by atoms with Crippen LogP contribution < -0.4 is 10.4 Å². The minimum atomic E-state index is -2.61. The number of hydrogen-bond donors (Lipinski definition) is 0. The second-order valence-corrected chi connectivity index (χ2v) is 16.6. The number of carbonyl (C=O) groups excluding carboxylic acids is 1. The summed E-state index contributed by atoms with van der Waals surface area (Å²) in [5.74, 6) is -0.216. The van der Waals surface area contributed by atoms with Crippen LogP contribution >= 0.6 is 0 Å². The van der Waals surface area contributed by atoms with E-state index in [0.29, 0.717) is 6.61 Å². The maximum Gasteiger partial charge on any atom is 0.302 e. The summed E-state index contributed by atoms with van der Waals surface area (Å²) in [7, 11) is -2.61. The normalized spacial score (nSPS) is 20.1. The molecule has 1 fully saturated rings. The van der Waals surface area contributed by atoms with Gasteiger partial charge in [-0.2, -0.15) is 0 Å². The van der Waals surface area contributed by atoms with Crippen molar-refractivity contribution in [3.05, 3.63) is 60.7 Å². The van der Waals surface area contributed by atoms with Crippen LogP contribution in [0.4, 0.5) is 0 Å². The van der Waals surface area contributed by atoms with E-state index < -0.39 is 8.32 Å². The topological polar surface area (TPSA) is 44.8 Å². The number of ether oxygens (including phenoxy) is 2. The van der Waals surface area contributed by atoms with E-state index in [1.54, 1.807) is 0 Å². The average molecular weight is 553 g/mol. The minimum absolute atomic E-state index is 0.00231. The molecule has 0 aromatic heterocycles. The Hall–Kier alpha value is -1.95. The first-order valence-electron chi connectivity index (χ1n) is 15.4. The molecule has 1 aliphatic rings. The number of esters is 1. The van der Waals surface area contributed by atoms with Crippen LogP contribution in [0.1, 0.15) is 105 Å². The van der Waals surface area contributed by atoms with Gasteiger partial charge in [0.1, 0.15) is 6.10 Å².